The molecule has 0 bridgehead atoms. The largest absolute Gasteiger partial charge is 0.497 e. The van der Waals surface area contributed by atoms with Gasteiger partial charge in [-0.15, -0.1) is 0 Å². The SMILES string of the molecule is COc1ccc2c(c1)C(C)CN(C(=O)c1cnccc1N(C)C)CC2. The third-order valence-corrected chi connectivity index (χ3v) is 4.83. The van der Waals surface area contributed by atoms with Crippen molar-refractivity contribution < 1.29 is 9.53 Å². The van der Waals surface area contributed by atoms with Crippen LogP contribution in [0, 0.1) is 0 Å². The Morgan fingerprint density at radius 3 is 2.84 bits per heavy atom. The monoisotopic (exact) mass is 339 g/mol. The predicted molar refractivity (Wildman–Crippen MR) is 99.6 cm³/mol. The van der Waals surface area contributed by atoms with Crippen LogP contribution in [-0.4, -0.2) is 50.1 Å². The summed E-state index contributed by atoms with van der Waals surface area (Å²) in [6.07, 6.45) is 4.25. The van der Waals surface area contributed by atoms with Gasteiger partial charge in [0, 0.05) is 39.6 Å². The third-order valence-electron chi connectivity index (χ3n) is 4.83. The minimum Gasteiger partial charge on any atom is -0.497 e. The number of benzene rings is 1. The Kier molecular flexibility index (Phi) is 4.93. The lowest BCUT2D eigenvalue weighted by Gasteiger charge is -2.25. The van der Waals surface area contributed by atoms with Gasteiger partial charge in [0.15, 0.2) is 0 Å². The highest BCUT2D eigenvalue weighted by Crippen LogP contribution is 2.30. The number of amides is 1. The normalized spacial score (nSPS) is 16.8. The van der Waals surface area contributed by atoms with Crippen LogP contribution in [0.25, 0.3) is 0 Å². The minimum absolute atomic E-state index is 0.0448. The molecular weight excluding hydrogens is 314 g/mol. The number of anilines is 1. The number of pyridine rings is 1. The van der Waals surface area contributed by atoms with E-state index in [1.807, 2.05) is 36.0 Å². The van der Waals surface area contributed by atoms with E-state index in [0.717, 1.165) is 17.9 Å². The van der Waals surface area contributed by atoms with Crippen molar-refractivity contribution in [1.29, 1.82) is 0 Å². The maximum atomic E-state index is 13.1. The lowest BCUT2D eigenvalue weighted by molar-refractivity contribution is 0.0754. The zero-order valence-electron chi connectivity index (χ0n) is 15.3. The van der Waals surface area contributed by atoms with Crippen molar-refractivity contribution in [3.05, 3.63) is 53.3 Å². The molecule has 25 heavy (non-hydrogen) atoms. The highest BCUT2D eigenvalue weighted by molar-refractivity contribution is 5.99. The van der Waals surface area contributed by atoms with Crippen LogP contribution < -0.4 is 9.64 Å². The van der Waals surface area contributed by atoms with Crippen LogP contribution in [0.15, 0.2) is 36.7 Å². The molecule has 1 aliphatic rings. The topological polar surface area (TPSA) is 45.7 Å². The summed E-state index contributed by atoms with van der Waals surface area (Å²) in [6.45, 7) is 3.57. The Balaban J connectivity index is 1.87. The van der Waals surface area contributed by atoms with E-state index in [9.17, 15) is 4.79 Å². The highest BCUT2D eigenvalue weighted by atomic mass is 16.5. The molecule has 1 aromatic carbocycles. The number of hydrogen-bond acceptors (Lipinski definition) is 4. The summed E-state index contributed by atoms with van der Waals surface area (Å²) in [5.41, 5.74) is 4.12. The van der Waals surface area contributed by atoms with Crippen LogP contribution >= 0.6 is 0 Å². The Hall–Kier alpha value is -2.56. The van der Waals surface area contributed by atoms with Crippen LogP contribution in [0.1, 0.15) is 34.3 Å². The maximum absolute atomic E-state index is 13.1. The average Bonchev–Trinajstić information content (AvgIpc) is 2.79. The summed E-state index contributed by atoms with van der Waals surface area (Å²) in [5, 5.41) is 0. The molecule has 0 fully saturated rings. The van der Waals surface area contributed by atoms with Crippen LogP contribution in [0.3, 0.4) is 0 Å². The number of ether oxygens (including phenoxy) is 1. The molecule has 3 rings (SSSR count). The molecule has 1 aliphatic heterocycles. The second-order valence-electron chi connectivity index (χ2n) is 6.75. The van der Waals surface area contributed by atoms with Crippen molar-refractivity contribution in [2.45, 2.75) is 19.3 Å². The quantitative estimate of drug-likeness (QED) is 0.862. The summed E-state index contributed by atoms with van der Waals surface area (Å²) in [4.78, 5) is 21.2. The third kappa shape index (κ3) is 3.45. The summed E-state index contributed by atoms with van der Waals surface area (Å²) < 4.78 is 5.36. The minimum atomic E-state index is 0.0448. The van der Waals surface area contributed by atoms with Gasteiger partial charge in [-0.05, 0) is 41.7 Å². The van der Waals surface area contributed by atoms with E-state index in [1.165, 1.54) is 11.1 Å². The number of carbonyl (C=O) groups is 1. The van der Waals surface area contributed by atoms with Crippen molar-refractivity contribution >= 4 is 11.6 Å². The van der Waals surface area contributed by atoms with E-state index in [2.05, 4.69) is 24.0 Å². The van der Waals surface area contributed by atoms with Gasteiger partial charge >= 0.3 is 0 Å². The molecule has 0 saturated heterocycles. The first kappa shape index (κ1) is 17.3. The van der Waals surface area contributed by atoms with Gasteiger partial charge in [0.05, 0.1) is 18.4 Å². The maximum Gasteiger partial charge on any atom is 0.257 e. The molecule has 0 N–H and O–H groups in total. The van der Waals surface area contributed by atoms with E-state index in [0.29, 0.717) is 18.7 Å². The van der Waals surface area contributed by atoms with E-state index < -0.39 is 0 Å². The molecule has 2 aromatic rings. The molecule has 0 radical (unpaired) electrons. The number of rotatable bonds is 3. The van der Waals surface area contributed by atoms with Gasteiger partial charge in [-0.2, -0.15) is 0 Å². The fourth-order valence-corrected chi connectivity index (χ4v) is 3.46. The summed E-state index contributed by atoms with van der Waals surface area (Å²) in [6, 6.07) is 8.10. The van der Waals surface area contributed by atoms with Crippen molar-refractivity contribution in [2.75, 3.05) is 39.2 Å². The molecule has 0 spiro atoms. The van der Waals surface area contributed by atoms with Gasteiger partial charge in [-0.1, -0.05) is 13.0 Å². The molecule has 1 amide bonds. The van der Waals surface area contributed by atoms with Gasteiger partial charge in [0.2, 0.25) is 0 Å². The first-order valence-corrected chi connectivity index (χ1v) is 8.58. The second kappa shape index (κ2) is 7.13. The molecule has 1 unspecified atom stereocenters. The molecule has 0 aliphatic carbocycles. The standard InChI is InChI=1S/C20H25N3O2/c1-14-13-23(10-8-15-5-6-16(25-4)11-17(14)15)20(24)18-12-21-9-7-19(18)22(2)3/h5-7,9,11-12,14H,8,10,13H2,1-4H3. The van der Waals surface area contributed by atoms with E-state index in [1.54, 1.807) is 19.5 Å². The zero-order valence-corrected chi connectivity index (χ0v) is 15.3. The average molecular weight is 339 g/mol. The summed E-state index contributed by atoms with van der Waals surface area (Å²) >= 11 is 0. The molecule has 5 nitrogen and oxygen atoms in total. The summed E-state index contributed by atoms with van der Waals surface area (Å²) in [7, 11) is 5.57. The van der Waals surface area contributed by atoms with Crippen LogP contribution in [0.2, 0.25) is 0 Å². The first-order chi connectivity index (χ1) is 12.0. The number of carbonyl (C=O) groups excluding carboxylic acids is 1. The zero-order chi connectivity index (χ0) is 18.0. The van der Waals surface area contributed by atoms with Gasteiger partial charge in [0.25, 0.3) is 5.91 Å². The van der Waals surface area contributed by atoms with Crippen LogP contribution in [-0.2, 0) is 6.42 Å². The van der Waals surface area contributed by atoms with Crippen molar-refractivity contribution in [1.82, 2.24) is 9.88 Å². The molecule has 5 heteroatoms. The first-order valence-electron chi connectivity index (χ1n) is 8.58. The van der Waals surface area contributed by atoms with Gasteiger partial charge in [0.1, 0.15) is 5.75 Å². The number of aromatic nitrogens is 1. The fraction of sp³-hybridized carbons (Fsp3) is 0.400. The lowest BCUT2D eigenvalue weighted by atomic mass is 9.95. The number of nitrogens with zero attached hydrogens (tertiary/aromatic N) is 3. The van der Waals surface area contributed by atoms with Crippen molar-refractivity contribution in [2.24, 2.45) is 0 Å². The molecule has 1 atom stereocenters. The lowest BCUT2D eigenvalue weighted by Crippen LogP contribution is -2.35. The van der Waals surface area contributed by atoms with E-state index in [-0.39, 0.29) is 11.8 Å². The Bertz CT molecular complexity index is 773. The highest BCUT2D eigenvalue weighted by Gasteiger charge is 2.26. The smallest absolute Gasteiger partial charge is 0.257 e. The fourth-order valence-electron chi connectivity index (χ4n) is 3.46. The predicted octanol–water partition coefficient (Wildman–Crippen LogP) is 2.96. The van der Waals surface area contributed by atoms with Gasteiger partial charge in [-0.3, -0.25) is 9.78 Å². The Morgan fingerprint density at radius 2 is 2.12 bits per heavy atom. The molecule has 2 heterocycles. The Labute approximate surface area is 149 Å². The Morgan fingerprint density at radius 1 is 1.32 bits per heavy atom. The van der Waals surface area contributed by atoms with Crippen molar-refractivity contribution in [3.63, 3.8) is 0 Å². The summed E-state index contributed by atoms with van der Waals surface area (Å²) in [5.74, 6) is 1.17. The van der Waals surface area contributed by atoms with Crippen molar-refractivity contribution in [3.8, 4) is 5.75 Å². The van der Waals surface area contributed by atoms with Gasteiger partial charge in [-0.25, -0.2) is 0 Å². The van der Waals surface area contributed by atoms with E-state index in [4.69, 9.17) is 4.74 Å². The molecular formula is C20H25N3O2. The second-order valence-corrected chi connectivity index (χ2v) is 6.75. The number of fused-ring (bicyclic) bond motifs is 1. The molecule has 1 aromatic heterocycles. The van der Waals surface area contributed by atoms with Crippen LogP contribution in [0.5, 0.6) is 5.75 Å². The van der Waals surface area contributed by atoms with Crippen LogP contribution in [0.4, 0.5) is 5.69 Å². The molecule has 0 saturated carbocycles. The number of hydrogen-bond donors (Lipinski definition) is 0. The van der Waals surface area contributed by atoms with E-state index >= 15 is 0 Å². The molecule has 132 valence electrons. The van der Waals surface area contributed by atoms with Gasteiger partial charge < -0.3 is 14.5 Å². The number of methoxy groups -OCH3 is 1.